The van der Waals surface area contributed by atoms with Gasteiger partial charge in [-0.2, -0.15) is 0 Å². The number of carbonyl (C=O) groups is 1. The molecule has 10 nitrogen and oxygen atoms in total. The minimum Gasteiger partial charge on any atom is -0.506 e. The van der Waals surface area contributed by atoms with Crippen LogP contribution in [0.25, 0.3) is 15.7 Å². The first-order valence-corrected chi connectivity index (χ1v) is 9.13. The molecule has 0 saturated heterocycles. The Morgan fingerprint density at radius 2 is 2.28 bits per heavy atom. The molecule has 0 saturated carbocycles. The summed E-state index contributed by atoms with van der Waals surface area (Å²) in [5.41, 5.74) is 1.83. The van der Waals surface area contributed by atoms with Gasteiger partial charge >= 0.3 is 0 Å². The molecule has 0 spiro atoms. The number of hydrogen-bond acceptors (Lipinski definition) is 9. The van der Waals surface area contributed by atoms with Crippen LogP contribution in [0.15, 0.2) is 34.8 Å². The van der Waals surface area contributed by atoms with Gasteiger partial charge in [-0.3, -0.25) is 15.2 Å². The minimum atomic E-state index is -0.266. The lowest BCUT2D eigenvalue weighted by Crippen LogP contribution is -2.09. The number of phenols is 1. The summed E-state index contributed by atoms with van der Waals surface area (Å²) in [5, 5.41) is 29.3. The Hall–Kier alpha value is -3.91. The quantitative estimate of drug-likeness (QED) is 0.169. The third-order valence-corrected chi connectivity index (χ3v) is 4.58. The summed E-state index contributed by atoms with van der Waals surface area (Å²) in [6, 6.07) is 2.87. The Balaban J connectivity index is 2.02. The topological polar surface area (TPSA) is 137 Å². The summed E-state index contributed by atoms with van der Waals surface area (Å²) < 4.78 is 9.22. The van der Waals surface area contributed by atoms with E-state index in [4.69, 9.17) is 16.7 Å². The maximum Gasteiger partial charge on any atom is 0.231 e. The van der Waals surface area contributed by atoms with E-state index in [1.807, 2.05) is 0 Å². The number of aromatic hydroxyl groups is 1. The van der Waals surface area contributed by atoms with Crippen LogP contribution in [0.1, 0.15) is 18.9 Å². The van der Waals surface area contributed by atoms with Crippen molar-refractivity contribution in [1.82, 2.24) is 9.36 Å². The van der Waals surface area contributed by atoms with Gasteiger partial charge in [-0.1, -0.05) is 6.92 Å². The zero-order valence-electron chi connectivity index (χ0n) is 15.2. The van der Waals surface area contributed by atoms with Crippen molar-refractivity contribution in [3.63, 3.8) is 0 Å². The number of nitrogens with one attached hydrogen (secondary N) is 2. The smallest absolute Gasteiger partial charge is 0.231 e. The molecular formula is C18H15N7O3S. The van der Waals surface area contributed by atoms with Gasteiger partial charge in [-0.05, 0) is 23.7 Å². The molecule has 29 heavy (non-hydrogen) atoms. The van der Waals surface area contributed by atoms with Crippen molar-refractivity contribution in [3.8, 4) is 5.75 Å². The number of nitrogens with zero attached hydrogens (tertiary/aromatic N) is 5. The average molecular weight is 409 g/mol. The summed E-state index contributed by atoms with van der Waals surface area (Å²) in [6.45, 7) is 8.87. The maximum absolute atomic E-state index is 11.7. The second-order valence-electron chi connectivity index (χ2n) is 5.68. The lowest BCUT2D eigenvalue weighted by molar-refractivity contribution is -0.115. The molecule has 0 aliphatic heterocycles. The number of pyridine rings is 1. The number of phenolic OH excluding ortho intramolecular Hbond substituents is 1. The molecule has 0 fully saturated rings. The molecule has 1 aromatic carbocycles. The molecule has 0 atom stereocenters. The average Bonchev–Trinajstić information content (AvgIpc) is 3.15. The normalized spacial score (nSPS) is 10.8. The molecule has 0 aliphatic rings. The van der Waals surface area contributed by atoms with Crippen molar-refractivity contribution in [2.45, 2.75) is 20.0 Å². The SMILES string of the molecule is [C-]#[N+]c1cncc2c(N=Nc3cc(NC(=O)CC)c(O)cc3COC=N)snc12. The summed E-state index contributed by atoms with van der Waals surface area (Å²) in [5.74, 6) is -0.415. The first-order valence-electron chi connectivity index (χ1n) is 8.36. The summed E-state index contributed by atoms with van der Waals surface area (Å²) >= 11 is 1.08. The first kappa shape index (κ1) is 19.8. The fraction of sp³-hybridized carbons (Fsp3) is 0.167. The molecule has 3 rings (SSSR count). The van der Waals surface area contributed by atoms with Crippen molar-refractivity contribution in [2.75, 3.05) is 5.32 Å². The number of ether oxygens (including phenoxy) is 1. The molecule has 3 N–H and O–H groups in total. The highest BCUT2D eigenvalue weighted by molar-refractivity contribution is 7.11. The third-order valence-electron chi connectivity index (χ3n) is 3.84. The van der Waals surface area contributed by atoms with E-state index in [1.165, 1.54) is 18.3 Å². The van der Waals surface area contributed by atoms with E-state index in [0.717, 1.165) is 17.9 Å². The van der Waals surface area contributed by atoms with Crippen LogP contribution in [-0.4, -0.2) is 26.8 Å². The van der Waals surface area contributed by atoms with E-state index < -0.39 is 0 Å². The van der Waals surface area contributed by atoms with Gasteiger partial charge in [0.2, 0.25) is 11.6 Å². The zero-order chi connectivity index (χ0) is 20.8. The number of carbonyl (C=O) groups excluding carboxylic acids is 1. The van der Waals surface area contributed by atoms with Crippen molar-refractivity contribution in [2.24, 2.45) is 10.2 Å². The Morgan fingerprint density at radius 3 is 3.00 bits per heavy atom. The Morgan fingerprint density at radius 1 is 1.45 bits per heavy atom. The number of anilines is 1. The summed E-state index contributed by atoms with van der Waals surface area (Å²) in [7, 11) is 0. The van der Waals surface area contributed by atoms with Crippen LogP contribution in [0, 0.1) is 12.0 Å². The van der Waals surface area contributed by atoms with Crippen LogP contribution < -0.4 is 5.32 Å². The number of amides is 1. The first-order chi connectivity index (χ1) is 14.1. The molecule has 2 aromatic heterocycles. The van der Waals surface area contributed by atoms with Crippen LogP contribution in [0.2, 0.25) is 0 Å². The third kappa shape index (κ3) is 4.33. The van der Waals surface area contributed by atoms with Crippen LogP contribution in [0.5, 0.6) is 5.75 Å². The Kier molecular flexibility index (Phi) is 6.06. The van der Waals surface area contributed by atoms with Gasteiger partial charge < -0.3 is 15.2 Å². The van der Waals surface area contributed by atoms with Gasteiger partial charge in [0.15, 0.2) is 11.4 Å². The fourth-order valence-corrected chi connectivity index (χ4v) is 3.08. The van der Waals surface area contributed by atoms with Gasteiger partial charge in [0.05, 0.1) is 23.5 Å². The van der Waals surface area contributed by atoms with Gasteiger partial charge in [0.25, 0.3) is 0 Å². The minimum absolute atomic E-state index is 0.0136. The molecule has 11 heteroatoms. The molecule has 2 heterocycles. The summed E-state index contributed by atoms with van der Waals surface area (Å²) in [6.07, 6.45) is 4.02. The number of fused-ring (bicyclic) bond motifs is 1. The lowest BCUT2D eigenvalue weighted by atomic mass is 10.1. The molecule has 0 radical (unpaired) electrons. The highest BCUT2D eigenvalue weighted by Gasteiger charge is 2.13. The van der Waals surface area contributed by atoms with Gasteiger partial charge in [0, 0.05) is 29.8 Å². The molecular weight excluding hydrogens is 394 g/mol. The van der Waals surface area contributed by atoms with E-state index in [-0.39, 0.29) is 30.4 Å². The van der Waals surface area contributed by atoms with E-state index in [0.29, 0.717) is 32.8 Å². The molecule has 146 valence electrons. The zero-order valence-corrected chi connectivity index (χ0v) is 16.0. The van der Waals surface area contributed by atoms with Crippen LogP contribution >= 0.6 is 11.5 Å². The second kappa shape index (κ2) is 8.85. The lowest BCUT2D eigenvalue weighted by Gasteiger charge is -2.11. The second-order valence-corrected chi connectivity index (χ2v) is 6.43. The van der Waals surface area contributed by atoms with Crippen molar-refractivity contribution >= 4 is 56.8 Å². The molecule has 0 bridgehead atoms. The fourth-order valence-electron chi connectivity index (χ4n) is 2.39. The Labute approximate surface area is 169 Å². The molecule has 3 aromatic rings. The molecule has 0 aliphatic carbocycles. The van der Waals surface area contributed by atoms with E-state index >= 15 is 0 Å². The predicted octanol–water partition coefficient (Wildman–Crippen LogP) is 4.84. The van der Waals surface area contributed by atoms with Crippen LogP contribution in [0.4, 0.5) is 22.1 Å². The van der Waals surface area contributed by atoms with Gasteiger partial charge in [-0.15, -0.1) is 10.2 Å². The standard InChI is InChI=1S/C18H15N7O3S/c1-3-16(27)22-13-5-12(10(4-15(13)26)8-28-9-19)23-24-18-11-6-21-7-14(20-2)17(11)25-29-18/h4-7,9,19,26H,3,8H2,1H3,(H,22,27). The number of azo groups is 1. The van der Waals surface area contributed by atoms with Crippen molar-refractivity contribution in [1.29, 1.82) is 5.41 Å². The van der Waals surface area contributed by atoms with Crippen molar-refractivity contribution in [3.05, 3.63) is 41.5 Å². The van der Waals surface area contributed by atoms with Crippen molar-refractivity contribution < 1.29 is 14.6 Å². The summed E-state index contributed by atoms with van der Waals surface area (Å²) in [4.78, 5) is 19.1. The number of rotatable bonds is 7. The number of aromatic nitrogens is 2. The largest absolute Gasteiger partial charge is 0.506 e. The molecule has 0 unspecified atom stereocenters. The van der Waals surface area contributed by atoms with E-state index in [1.54, 1.807) is 13.1 Å². The van der Waals surface area contributed by atoms with Gasteiger partial charge in [-0.25, -0.2) is 9.22 Å². The predicted molar refractivity (Wildman–Crippen MR) is 108 cm³/mol. The van der Waals surface area contributed by atoms with E-state index in [2.05, 4.69) is 29.7 Å². The molecule has 1 amide bonds. The van der Waals surface area contributed by atoms with Gasteiger partial charge in [0.1, 0.15) is 12.4 Å². The maximum atomic E-state index is 11.7. The van der Waals surface area contributed by atoms with Crippen LogP contribution in [-0.2, 0) is 16.1 Å². The Bertz CT molecular complexity index is 1150. The number of benzene rings is 1. The monoisotopic (exact) mass is 409 g/mol. The highest BCUT2D eigenvalue weighted by atomic mass is 32.1. The highest BCUT2D eigenvalue weighted by Crippen LogP contribution is 2.38. The van der Waals surface area contributed by atoms with E-state index in [9.17, 15) is 9.90 Å². The van der Waals surface area contributed by atoms with Crippen LogP contribution in [0.3, 0.4) is 0 Å². The number of hydrogen-bond donors (Lipinski definition) is 3.